The van der Waals surface area contributed by atoms with Gasteiger partial charge in [-0.05, 0) is 63.1 Å². The van der Waals surface area contributed by atoms with Crippen molar-refractivity contribution in [3.05, 3.63) is 35.4 Å². The van der Waals surface area contributed by atoms with Gasteiger partial charge in [-0.15, -0.1) is 0 Å². The minimum atomic E-state index is -4.27. The zero-order valence-electron chi connectivity index (χ0n) is 25.2. The zero-order chi connectivity index (χ0) is 27.4. The molecule has 0 aromatic heterocycles. The highest BCUT2D eigenvalue weighted by molar-refractivity contribution is 7.76. The highest BCUT2D eigenvalue weighted by Gasteiger charge is 2.43. The van der Waals surface area contributed by atoms with E-state index in [4.69, 9.17) is 0 Å². The molecule has 0 nitrogen and oxygen atoms in total. The molecule has 0 aliphatic carbocycles. The molecule has 1 unspecified atom stereocenters. The third-order valence-electron chi connectivity index (χ3n) is 8.39. The Hall–Kier alpha value is -0.270. The van der Waals surface area contributed by atoms with Gasteiger partial charge in [0.2, 0.25) is 0 Å². The molecule has 38 heavy (non-hydrogen) atoms. The molecule has 0 radical (unpaired) electrons. The van der Waals surface area contributed by atoms with Crippen molar-refractivity contribution in [2.45, 2.75) is 155 Å². The number of unbranched alkanes of at least 4 members (excludes halogenated alkanes) is 15. The number of hydrogen-bond acceptors (Lipinski definition) is 0. The lowest BCUT2D eigenvalue weighted by Gasteiger charge is -2.34. The van der Waals surface area contributed by atoms with Crippen molar-refractivity contribution in [3.8, 4) is 0 Å². The fourth-order valence-corrected chi connectivity index (χ4v) is 11.0. The fraction of sp³-hybridized carbons (Fsp3) is 0.818. The number of halogens is 4. The van der Waals surface area contributed by atoms with Gasteiger partial charge in [0.1, 0.15) is 0 Å². The van der Waals surface area contributed by atoms with Gasteiger partial charge in [-0.2, -0.15) is 13.2 Å². The largest absolute Gasteiger partial charge is 1.00 e. The number of alkyl halides is 3. The Morgan fingerprint density at radius 2 is 0.974 bits per heavy atom. The van der Waals surface area contributed by atoms with Crippen LogP contribution >= 0.6 is 7.26 Å². The lowest BCUT2D eigenvalue weighted by Crippen LogP contribution is -3.00. The molecule has 0 bridgehead atoms. The molecule has 1 aromatic carbocycles. The molecule has 5 heteroatoms. The smallest absolute Gasteiger partial charge is 0.416 e. The second kappa shape index (κ2) is 22.4. The Morgan fingerprint density at radius 1 is 0.605 bits per heavy atom. The highest BCUT2D eigenvalue weighted by Crippen LogP contribution is 2.71. The minimum Gasteiger partial charge on any atom is -1.00 e. The van der Waals surface area contributed by atoms with Crippen LogP contribution in [0.15, 0.2) is 24.3 Å². The van der Waals surface area contributed by atoms with Crippen molar-refractivity contribution in [1.82, 2.24) is 0 Å². The molecule has 0 saturated carbocycles. The van der Waals surface area contributed by atoms with Crippen LogP contribution in [0.25, 0.3) is 0 Å². The molecule has 0 spiro atoms. The maximum atomic E-state index is 13.6. The summed E-state index contributed by atoms with van der Waals surface area (Å²) >= 11 is 0. The Balaban J connectivity index is 0.0000137. The fourth-order valence-electron chi connectivity index (χ4n) is 5.83. The van der Waals surface area contributed by atoms with Crippen molar-refractivity contribution in [2.75, 3.05) is 18.5 Å². The topological polar surface area (TPSA) is 0 Å². The van der Waals surface area contributed by atoms with Crippen LogP contribution in [0.5, 0.6) is 0 Å². The van der Waals surface area contributed by atoms with E-state index in [0.717, 1.165) is 5.56 Å². The predicted octanol–water partition coefficient (Wildman–Crippen LogP) is 9.87. The molecule has 1 aromatic rings. The van der Waals surface area contributed by atoms with Gasteiger partial charge in [-0.1, -0.05) is 110 Å². The van der Waals surface area contributed by atoms with E-state index in [1.54, 1.807) is 6.07 Å². The lowest BCUT2D eigenvalue weighted by atomic mass is 10.1. The van der Waals surface area contributed by atoms with Gasteiger partial charge in [-0.3, -0.25) is 0 Å². The second-order valence-corrected chi connectivity index (χ2v) is 16.0. The molecule has 224 valence electrons. The van der Waals surface area contributed by atoms with Crippen LogP contribution in [0.2, 0.25) is 0 Å². The summed E-state index contributed by atoms with van der Waals surface area (Å²) in [6.45, 7) is 9.06. The van der Waals surface area contributed by atoms with Crippen LogP contribution in [-0.4, -0.2) is 18.5 Å². The molecule has 0 N–H and O–H groups in total. The molecular formula is C33H59ClF3P. The van der Waals surface area contributed by atoms with E-state index in [1.807, 2.05) is 6.07 Å². The molecule has 0 heterocycles. The van der Waals surface area contributed by atoms with Crippen molar-refractivity contribution < 1.29 is 25.6 Å². The van der Waals surface area contributed by atoms with E-state index >= 15 is 0 Å². The molecular weight excluding hydrogens is 520 g/mol. The molecule has 1 rings (SSSR count). The van der Waals surface area contributed by atoms with E-state index in [0.29, 0.717) is 0 Å². The van der Waals surface area contributed by atoms with Gasteiger partial charge < -0.3 is 12.4 Å². The molecule has 0 fully saturated rings. The van der Waals surface area contributed by atoms with Crippen LogP contribution in [0, 0.1) is 0 Å². The number of benzene rings is 1. The monoisotopic (exact) mass is 578 g/mol. The first kappa shape index (κ1) is 37.7. The first-order chi connectivity index (χ1) is 17.8. The van der Waals surface area contributed by atoms with E-state index < -0.39 is 19.0 Å². The van der Waals surface area contributed by atoms with Crippen LogP contribution in [0.1, 0.15) is 160 Å². The SMILES string of the molecule is CCCCCCCC[P+](CCCCCCCC)(CCCCCCCC)C(C)c1cccc(C(F)(F)F)c1.[Cl-]. The minimum absolute atomic E-state index is 0. The van der Waals surface area contributed by atoms with Crippen LogP contribution in [0.4, 0.5) is 13.2 Å². The van der Waals surface area contributed by atoms with Crippen LogP contribution in [0.3, 0.4) is 0 Å². The standard InChI is InChI=1S/C33H59F3P.ClH/c1-5-8-11-14-17-20-26-37(27-21-18-15-12-9-6-2,28-22-19-16-13-10-7-3)30(4)31-24-23-25-32(29-31)33(34,35)36;/h23-25,29-30H,5-22,26-28H2,1-4H3;1H/q+1;/p-1. The summed E-state index contributed by atoms with van der Waals surface area (Å²) in [5.41, 5.74) is 0.719. The summed E-state index contributed by atoms with van der Waals surface area (Å²) in [6.07, 6.45) is 22.8. The Bertz CT molecular complexity index is 636. The van der Waals surface area contributed by atoms with E-state index in [2.05, 4.69) is 27.7 Å². The highest BCUT2D eigenvalue weighted by atomic mass is 35.5. The summed E-state index contributed by atoms with van der Waals surface area (Å²) in [5.74, 6) is 0. The third-order valence-corrected chi connectivity index (χ3v) is 14.0. The van der Waals surface area contributed by atoms with Gasteiger partial charge in [-0.25, -0.2) is 0 Å². The van der Waals surface area contributed by atoms with E-state index in [-0.39, 0.29) is 18.1 Å². The van der Waals surface area contributed by atoms with Gasteiger partial charge >= 0.3 is 6.18 Å². The van der Waals surface area contributed by atoms with Crippen molar-refractivity contribution in [2.24, 2.45) is 0 Å². The van der Waals surface area contributed by atoms with Gasteiger partial charge in [0.15, 0.2) is 0 Å². The Morgan fingerprint density at radius 3 is 1.34 bits per heavy atom. The molecule has 0 aliphatic rings. The van der Waals surface area contributed by atoms with Crippen LogP contribution in [-0.2, 0) is 6.18 Å². The third kappa shape index (κ3) is 15.5. The summed E-state index contributed by atoms with van der Waals surface area (Å²) in [7, 11) is -1.42. The van der Waals surface area contributed by atoms with Crippen molar-refractivity contribution >= 4 is 7.26 Å². The maximum absolute atomic E-state index is 13.6. The Labute approximate surface area is 241 Å². The maximum Gasteiger partial charge on any atom is 0.416 e. The summed E-state index contributed by atoms with van der Waals surface area (Å²) < 4.78 is 40.8. The Kier molecular flexibility index (Phi) is 22.3. The van der Waals surface area contributed by atoms with Crippen LogP contribution < -0.4 is 12.4 Å². The first-order valence-electron chi connectivity index (χ1n) is 15.8. The average Bonchev–Trinajstić information content (AvgIpc) is 2.88. The molecule has 0 aliphatic heterocycles. The van der Waals surface area contributed by atoms with Crippen molar-refractivity contribution in [3.63, 3.8) is 0 Å². The van der Waals surface area contributed by atoms with Gasteiger partial charge in [0.05, 0.1) is 29.7 Å². The average molecular weight is 579 g/mol. The normalized spacial score (nSPS) is 12.9. The number of hydrogen-bond donors (Lipinski definition) is 0. The van der Waals surface area contributed by atoms with Gasteiger partial charge in [0.25, 0.3) is 0 Å². The molecule has 0 amide bonds. The summed E-state index contributed by atoms with van der Waals surface area (Å²) in [6, 6.07) is 6.34. The van der Waals surface area contributed by atoms with Crippen molar-refractivity contribution in [1.29, 1.82) is 0 Å². The quantitative estimate of drug-likeness (QED) is 0.0895. The summed E-state index contributed by atoms with van der Waals surface area (Å²) in [5, 5.41) is 0. The predicted molar refractivity (Wildman–Crippen MR) is 162 cm³/mol. The number of rotatable bonds is 23. The zero-order valence-corrected chi connectivity index (χ0v) is 26.8. The van der Waals surface area contributed by atoms with Gasteiger partial charge in [0, 0.05) is 7.26 Å². The molecule has 0 saturated heterocycles. The summed E-state index contributed by atoms with van der Waals surface area (Å²) in [4.78, 5) is 0. The first-order valence-corrected chi connectivity index (χ1v) is 18.2. The second-order valence-electron chi connectivity index (χ2n) is 11.5. The van der Waals surface area contributed by atoms with E-state index in [1.165, 1.54) is 146 Å². The molecule has 1 atom stereocenters. The lowest BCUT2D eigenvalue weighted by molar-refractivity contribution is -0.137. The van der Waals surface area contributed by atoms with E-state index in [9.17, 15) is 13.2 Å².